The maximum atomic E-state index is 12.2. The lowest BCUT2D eigenvalue weighted by Crippen LogP contribution is -2.27. The number of aryl methyl sites for hydroxylation is 1. The third-order valence-electron chi connectivity index (χ3n) is 2.43. The van der Waals surface area contributed by atoms with Gasteiger partial charge < -0.3 is 4.90 Å². The summed E-state index contributed by atoms with van der Waals surface area (Å²) in [6, 6.07) is 3.11. The number of aromatic nitrogens is 2. The van der Waals surface area contributed by atoms with Gasteiger partial charge in [-0.05, 0) is 19.1 Å². The van der Waals surface area contributed by atoms with Crippen LogP contribution in [0.5, 0.6) is 0 Å². The summed E-state index contributed by atoms with van der Waals surface area (Å²) in [7, 11) is 1.68. The summed E-state index contributed by atoms with van der Waals surface area (Å²) >= 11 is 13.3. The molecular formula is C12H11Cl2N3OS. The van der Waals surface area contributed by atoms with Crippen molar-refractivity contribution >= 4 is 40.4 Å². The standard InChI is InChI=1S/C12H11Cl2N3OS/c1-7-15-8(6-19-7)5-17(2)12(18)11-9(13)3-4-10(14)16-11/h3-4,6H,5H2,1-2H3. The van der Waals surface area contributed by atoms with Gasteiger partial charge in [-0.25, -0.2) is 9.97 Å². The Morgan fingerprint density at radius 3 is 2.74 bits per heavy atom. The maximum Gasteiger partial charge on any atom is 0.274 e. The van der Waals surface area contributed by atoms with Crippen molar-refractivity contribution in [2.24, 2.45) is 0 Å². The molecule has 0 saturated heterocycles. The third kappa shape index (κ3) is 3.43. The second-order valence-corrected chi connectivity index (χ2v) is 5.84. The lowest BCUT2D eigenvalue weighted by Gasteiger charge is -2.16. The molecule has 0 aromatic carbocycles. The monoisotopic (exact) mass is 315 g/mol. The molecule has 0 N–H and O–H groups in total. The number of hydrogen-bond donors (Lipinski definition) is 0. The van der Waals surface area contributed by atoms with E-state index in [4.69, 9.17) is 23.2 Å². The van der Waals surface area contributed by atoms with Crippen LogP contribution in [0.25, 0.3) is 0 Å². The van der Waals surface area contributed by atoms with Gasteiger partial charge in [0.15, 0.2) is 0 Å². The van der Waals surface area contributed by atoms with E-state index in [9.17, 15) is 4.79 Å². The molecule has 0 spiro atoms. The molecule has 2 aromatic rings. The van der Waals surface area contributed by atoms with Gasteiger partial charge in [0.05, 0.1) is 22.3 Å². The number of carbonyl (C=O) groups is 1. The summed E-state index contributed by atoms with van der Waals surface area (Å²) in [5, 5.41) is 3.42. The number of halogens is 2. The quantitative estimate of drug-likeness (QED) is 0.815. The van der Waals surface area contributed by atoms with Gasteiger partial charge in [-0.1, -0.05) is 23.2 Å². The molecule has 2 heterocycles. The van der Waals surface area contributed by atoms with Crippen LogP contribution >= 0.6 is 34.5 Å². The molecule has 0 bridgehead atoms. The Labute approximate surface area is 125 Å². The van der Waals surface area contributed by atoms with E-state index in [2.05, 4.69) is 9.97 Å². The van der Waals surface area contributed by atoms with E-state index in [0.717, 1.165) is 10.7 Å². The molecule has 0 aliphatic heterocycles. The van der Waals surface area contributed by atoms with Crippen molar-refractivity contribution in [2.45, 2.75) is 13.5 Å². The first-order chi connectivity index (χ1) is 8.97. The fourth-order valence-corrected chi connectivity index (χ4v) is 2.48. The average molecular weight is 316 g/mol. The summed E-state index contributed by atoms with van der Waals surface area (Å²) in [5.74, 6) is -0.279. The van der Waals surface area contributed by atoms with Crippen LogP contribution in [0.2, 0.25) is 10.2 Å². The number of hydrogen-bond acceptors (Lipinski definition) is 4. The lowest BCUT2D eigenvalue weighted by molar-refractivity contribution is 0.0778. The summed E-state index contributed by atoms with van der Waals surface area (Å²) in [6.07, 6.45) is 0. The first kappa shape index (κ1) is 14.2. The van der Waals surface area contributed by atoms with Crippen LogP contribution < -0.4 is 0 Å². The Morgan fingerprint density at radius 2 is 2.11 bits per heavy atom. The van der Waals surface area contributed by atoms with Crippen LogP contribution in [0.15, 0.2) is 17.5 Å². The Bertz CT molecular complexity index is 615. The van der Waals surface area contributed by atoms with Crippen molar-refractivity contribution in [2.75, 3.05) is 7.05 Å². The highest BCUT2D eigenvalue weighted by atomic mass is 35.5. The van der Waals surface area contributed by atoms with Crippen molar-refractivity contribution in [1.29, 1.82) is 0 Å². The van der Waals surface area contributed by atoms with E-state index in [1.54, 1.807) is 30.5 Å². The van der Waals surface area contributed by atoms with E-state index >= 15 is 0 Å². The molecule has 1 amide bonds. The molecule has 0 aliphatic carbocycles. The minimum atomic E-state index is -0.279. The summed E-state index contributed by atoms with van der Waals surface area (Å²) in [4.78, 5) is 22.0. The van der Waals surface area contributed by atoms with Crippen LogP contribution in [-0.2, 0) is 6.54 Å². The van der Waals surface area contributed by atoms with Gasteiger partial charge in [-0.15, -0.1) is 11.3 Å². The molecule has 7 heteroatoms. The SMILES string of the molecule is Cc1nc(CN(C)C(=O)c2nc(Cl)ccc2Cl)cs1. The normalized spacial score (nSPS) is 10.5. The predicted molar refractivity (Wildman–Crippen MR) is 76.9 cm³/mol. The number of thiazole rings is 1. The van der Waals surface area contributed by atoms with Gasteiger partial charge in [0.25, 0.3) is 5.91 Å². The molecule has 19 heavy (non-hydrogen) atoms. The van der Waals surface area contributed by atoms with E-state index in [0.29, 0.717) is 6.54 Å². The number of nitrogens with zero attached hydrogens (tertiary/aromatic N) is 3. The van der Waals surface area contributed by atoms with E-state index < -0.39 is 0 Å². The van der Waals surface area contributed by atoms with E-state index in [1.807, 2.05) is 12.3 Å². The van der Waals surface area contributed by atoms with Crippen molar-refractivity contribution < 1.29 is 4.79 Å². The topological polar surface area (TPSA) is 46.1 Å². The second-order valence-electron chi connectivity index (χ2n) is 3.98. The molecule has 0 unspecified atom stereocenters. The largest absolute Gasteiger partial charge is 0.334 e. The molecular weight excluding hydrogens is 305 g/mol. The number of carbonyl (C=O) groups excluding carboxylic acids is 1. The van der Waals surface area contributed by atoms with Gasteiger partial charge in [-0.3, -0.25) is 4.79 Å². The molecule has 2 rings (SSSR count). The predicted octanol–water partition coefficient (Wildman–Crippen LogP) is 3.43. The average Bonchev–Trinajstić information content (AvgIpc) is 2.77. The summed E-state index contributed by atoms with van der Waals surface area (Å²) in [5.41, 5.74) is 1.00. The molecule has 0 fully saturated rings. The Kier molecular flexibility index (Phi) is 4.39. The smallest absolute Gasteiger partial charge is 0.274 e. The van der Waals surface area contributed by atoms with Crippen LogP contribution in [0, 0.1) is 6.92 Å². The minimum Gasteiger partial charge on any atom is -0.334 e. The molecule has 0 radical (unpaired) electrons. The minimum absolute atomic E-state index is 0.156. The molecule has 2 aromatic heterocycles. The Morgan fingerprint density at radius 1 is 1.37 bits per heavy atom. The highest BCUT2D eigenvalue weighted by molar-refractivity contribution is 7.09. The molecule has 100 valence electrons. The van der Waals surface area contributed by atoms with Crippen molar-refractivity contribution in [3.8, 4) is 0 Å². The zero-order valence-electron chi connectivity index (χ0n) is 10.4. The fraction of sp³-hybridized carbons (Fsp3) is 0.250. The van der Waals surface area contributed by atoms with Gasteiger partial charge >= 0.3 is 0 Å². The summed E-state index contributed by atoms with van der Waals surface area (Å²) < 4.78 is 0. The van der Waals surface area contributed by atoms with Gasteiger partial charge in [0.2, 0.25) is 0 Å². The zero-order chi connectivity index (χ0) is 14.0. The van der Waals surface area contributed by atoms with Gasteiger partial charge in [0, 0.05) is 12.4 Å². The Hall–Kier alpha value is -1.17. The van der Waals surface area contributed by atoms with Gasteiger partial charge in [-0.2, -0.15) is 0 Å². The molecule has 4 nitrogen and oxygen atoms in total. The Balaban J connectivity index is 2.16. The lowest BCUT2D eigenvalue weighted by atomic mass is 10.3. The van der Waals surface area contributed by atoms with Crippen molar-refractivity contribution in [3.05, 3.63) is 44.1 Å². The zero-order valence-corrected chi connectivity index (χ0v) is 12.7. The first-order valence-electron chi connectivity index (χ1n) is 5.46. The van der Waals surface area contributed by atoms with Crippen LogP contribution in [0.3, 0.4) is 0 Å². The van der Waals surface area contributed by atoms with Gasteiger partial charge in [0.1, 0.15) is 10.8 Å². The maximum absolute atomic E-state index is 12.2. The van der Waals surface area contributed by atoms with Crippen LogP contribution in [-0.4, -0.2) is 27.8 Å². The highest BCUT2D eigenvalue weighted by Crippen LogP contribution is 2.19. The van der Waals surface area contributed by atoms with E-state index in [1.165, 1.54) is 4.90 Å². The number of pyridine rings is 1. The van der Waals surface area contributed by atoms with Crippen LogP contribution in [0.4, 0.5) is 0 Å². The third-order valence-corrected chi connectivity index (χ3v) is 3.76. The second kappa shape index (κ2) is 5.86. The number of amides is 1. The highest BCUT2D eigenvalue weighted by Gasteiger charge is 2.18. The first-order valence-corrected chi connectivity index (χ1v) is 7.09. The molecule has 0 aliphatic rings. The van der Waals surface area contributed by atoms with Crippen molar-refractivity contribution in [1.82, 2.24) is 14.9 Å². The molecule has 0 atom stereocenters. The summed E-state index contributed by atoms with van der Waals surface area (Å²) in [6.45, 7) is 2.33. The van der Waals surface area contributed by atoms with E-state index in [-0.39, 0.29) is 21.8 Å². The van der Waals surface area contributed by atoms with Crippen molar-refractivity contribution in [3.63, 3.8) is 0 Å². The fourth-order valence-electron chi connectivity index (χ4n) is 1.54. The molecule has 0 saturated carbocycles. The number of rotatable bonds is 3. The van der Waals surface area contributed by atoms with Crippen LogP contribution in [0.1, 0.15) is 21.2 Å².